The maximum absolute atomic E-state index is 6.31. The molecule has 2 nitrogen and oxygen atoms in total. The van der Waals surface area contributed by atoms with Crippen molar-refractivity contribution in [3.8, 4) is 0 Å². The van der Waals surface area contributed by atoms with Gasteiger partial charge in [-0.1, -0.05) is 29.8 Å². The number of halogens is 1. The van der Waals surface area contributed by atoms with Gasteiger partial charge < -0.3 is 10.1 Å². The Morgan fingerprint density at radius 2 is 2.10 bits per heavy atom. The van der Waals surface area contributed by atoms with Gasteiger partial charge in [-0.15, -0.1) is 0 Å². The molecule has 2 atom stereocenters. The normalized spacial score (nSPS) is 26.7. The first kappa shape index (κ1) is 15.7. The second-order valence-corrected chi connectivity index (χ2v) is 7.88. The molecule has 1 aromatic rings. The summed E-state index contributed by atoms with van der Waals surface area (Å²) in [7, 11) is 0. The van der Waals surface area contributed by atoms with Gasteiger partial charge in [0.15, 0.2) is 0 Å². The lowest BCUT2D eigenvalue weighted by molar-refractivity contribution is -0.0940. The Morgan fingerprint density at radius 3 is 2.86 bits per heavy atom. The first-order chi connectivity index (χ1) is 10.2. The van der Waals surface area contributed by atoms with Crippen LogP contribution in [0, 0.1) is 0 Å². The van der Waals surface area contributed by atoms with Crippen molar-refractivity contribution in [3.63, 3.8) is 0 Å². The summed E-state index contributed by atoms with van der Waals surface area (Å²) in [5.74, 6) is 2.49. The molecule has 2 heterocycles. The van der Waals surface area contributed by atoms with E-state index in [1.165, 1.54) is 29.9 Å². The zero-order valence-corrected chi connectivity index (χ0v) is 14.2. The molecule has 116 valence electrons. The van der Waals surface area contributed by atoms with Crippen LogP contribution in [0.15, 0.2) is 24.3 Å². The highest BCUT2D eigenvalue weighted by atomic mass is 35.5. The van der Waals surface area contributed by atoms with Crippen LogP contribution in [0.5, 0.6) is 0 Å². The smallest absolute Gasteiger partial charge is 0.0713 e. The number of nitrogens with one attached hydrogen (secondary N) is 1. The summed E-state index contributed by atoms with van der Waals surface area (Å²) < 4.78 is 6.17. The molecule has 0 saturated carbocycles. The highest BCUT2D eigenvalue weighted by Crippen LogP contribution is 2.38. The second-order valence-electron chi connectivity index (χ2n) is 6.24. The highest BCUT2D eigenvalue weighted by Gasteiger charge is 2.39. The van der Waals surface area contributed by atoms with E-state index >= 15 is 0 Å². The second kappa shape index (κ2) is 6.91. The minimum atomic E-state index is 0.140. The fourth-order valence-electron chi connectivity index (χ4n) is 3.53. The number of rotatable bonds is 3. The summed E-state index contributed by atoms with van der Waals surface area (Å²) in [6.07, 6.45) is 4.65. The van der Waals surface area contributed by atoms with Gasteiger partial charge in [-0.25, -0.2) is 0 Å². The van der Waals surface area contributed by atoms with E-state index in [4.69, 9.17) is 16.3 Å². The van der Waals surface area contributed by atoms with Crippen molar-refractivity contribution in [1.29, 1.82) is 0 Å². The molecule has 2 aliphatic rings. The minimum Gasteiger partial charge on any atom is -0.375 e. The van der Waals surface area contributed by atoms with E-state index in [-0.39, 0.29) is 11.6 Å². The molecule has 0 aliphatic carbocycles. The molecule has 2 unspecified atom stereocenters. The van der Waals surface area contributed by atoms with Gasteiger partial charge in [0, 0.05) is 23.7 Å². The number of thioether (sulfide) groups is 1. The third-order valence-corrected chi connectivity index (χ3v) is 6.08. The zero-order chi connectivity index (χ0) is 14.7. The van der Waals surface area contributed by atoms with Crippen LogP contribution < -0.4 is 5.32 Å². The fraction of sp³-hybridized carbons (Fsp3) is 0.647. The first-order valence-corrected chi connectivity index (χ1v) is 9.44. The molecular weight excluding hydrogens is 302 g/mol. The van der Waals surface area contributed by atoms with Crippen LogP contribution in [-0.2, 0) is 4.74 Å². The SMILES string of the molecule is CC(NC1CCOC2(CCSCC2)C1)c1ccccc1Cl. The number of hydrogen-bond donors (Lipinski definition) is 1. The van der Waals surface area contributed by atoms with Gasteiger partial charge in [0.05, 0.1) is 5.60 Å². The van der Waals surface area contributed by atoms with E-state index in [1.54, 1.807) is 0 Å². The van der Waals surface area contributed by atoms with Crippen LogP contribution in [0.4, 0.5) is 0 Å². The predicted molar refractivity (Wildman–Crippen MR) is 91.3 cm³/mol. The van der Waals surface area contributed by atoms with Crippen LogP contribution in [0.2, 0.25) is 5.02 Å². The molecule has 1 N–H and O–H groups in total. The Hall–Kier alpha value is -0.220. The molecule has 4 heteroatoms. The molecule has 2 fully saturated rings. The Kier molecular flexibility index (Phi) is 5.15. The Labute approximate surface area is 137 Å². The standard InChI is InChI=1S/C17H24ClNOS/c1-13(15-4-2-3-5-16(15)18)19-14-6-9-20-17(12-14)7-10-21-11-8-17/h2-5,13-14,19H,6-12H2,1H3. The predicted octanol–water partition coefficient (Wildman–Crippen LogP) is 4.44. The summed E-state index contributed by atoms with van der Waals surface area (Å²) in [6, 6.07) is 8.96. The van der Waals surface area contributed by atoms with E-state index in [1.807, 2.05) is 12.1 Å². The summed E-state index contributed by atoms with van der Waals surface area (Å²) >= 11 is 8.37. The average molecular weight is 326 g/mol. The quantitative estimate of drug-likeness (QED) is 0.888. The maximum Gasteiger partial charge on any atom is 0.0713 e. The molecule has 1 aromatic carbocycles. The van der Waals surface area contributed by atoms with Gasteiger partial charge in [-0.3, -0.25) is 0 Å². The maximum atomic E-state index is 6.31. The van der Waals surface area contributed by atoms with Crippen molar-refractivity contribution >= 4 is 23.4 Å². The summed E-state index contributed by atoms with van der Waals surface area (Å²) in [5, 5.41) is 4.63. The molecule has 0 radical (unpaired) electrons. The topological polar surface area (TPSA) is 21.3 Å². The average Bonchev–Trinajstić information content (AvgIpc) is 2.48. The van der Waals surface area contributed by atoms with Crippen LogP contribution in [-0.4, -0.2) is 29.8 Å². The first-order valence-electron chi connectivity index (χ1n) is 7.91. The van der Waals surface area contributed by atoms with Crippen molar-refractivity contribution in [2.75, 3.05) is 18.1 Å². The lowest BCUT2D eigenvalue weighted by Gasteiger charge is -2.44. The van der Waals surface area contributed by atoms with Crippen LogP contribution in [0.1, 0.15) is 44.2 Å². The third-order valence-electron chi connectivity index (χ3n) is 4.75. The molecule has 2 saturated heterocycles. The summed E-state index contributed by atoms with van der Waals surface area (Å²) in [4.78, 5) is 0. The van der Waals surface area contributed by atoms with Crippen LogP contribution >= 0.6 is 23.4 Å². The van der Waals surface area contributed by atoms with E-state index in [0.717, 1.165) is 24.5 Å². The fourth-order valence-corrected chi connectivity index (χ4v) is 5.07. The molecule has 2 aliphatic heterocycles. The van der Waals surface area contributed by atoms with Gasteiger partial charge in [-0.2, -0.15) is 11.8 Å². The van der Waals surface area contributed by atoms with E-state index in [0.29, 0.717) is 6.04 Å². The van der Waals surface area contributed by atoms with Gasteiger partial charge >= 0.3 is 0 Å². The lowest BCUT2D eigenvalue weighted by Crippen LogP contribution is -2.49. The van der Waals surface area contributed by atoms with Crippen molar-refractivity contribution in [2.45, 2.75) is 50.3 Å². The van der Waals surface area contributed by atoms with Crippen molar-refractivity contribution < 1.29 is 4.74 Å². The number of benzene rings is 1. The molecule has 0 bridgehead atoms. The van der Waals surface area contributed by atoms with Gasteiger partial charge in [0.25, 0.3) is 0 Å². The monoisotopic (exact) mass is 325 g/mol. The Balaban J connectivity index is 1.63. The Bertz CT molecular complexity index is 470. The molecule has 0 aromatic heterocycles. The zero-order valence-electron chi connectivity index (χ0n) is 12.6. The summed E-state index contributed by atoms with van der Waals surface area (Å²) in [5.41, 5.74) is 1.33. The molecule has 21 heavy (non-hydrogen) atoms. The highest BCUT2D eigenvalue weighted by molar-refractivity contribution is 7.99. The van der Waals surface area contributed by atoms with Crippen LogP contribution in [0.25, 0.3) is 0 Å². The van der Waals surface area contributed by atoms with Crippen LogP contribution in [0.3, 0.4) is 0 Å². The number of hydrogen-bond acceptors (Lipinski definition) is 3. The molecular formula is C17H24ClNOS. The van der Waals surface area contributed by atoms with Crippen molar-refractivity contribution in [3.05, 3.63) is 34.9 Å². The van der Waals surface area contributed by atoms with Gasteiger partial charge in [0.1, 0.15) is 0 Å². The van der Waals surface area contributed by atoms with E-state index in [2.05, 4.69) is 36.1 Å². The van der Waals surface area contributed by atoms with Gasteiger partial charge in [-0.05, 0) is 55.7 Å². The third kappa shape index (κ3) is 3.76. The van der Waals surface area contributed by atoms with Crippen molar-refractivity contribution in [1.82, 2.24) is 5.32 Å². The molecule has 3 rings (SSSR count). The van der Waals surface area contributed by atoms with Gasteiger partial charge in [0.2, 0.25) is 0 Å². The largest absolute Gasteiger partial charge is 0.375 e. The molecule has 1 spiro atoms. The van der Waals surface area contributed by atoms with E-state index in [9.17, 15) is 0 Å². The Morgan fingerprint density at radius 1 is 1.33 bits per heavy atom. The van der Waals surface area contributed by atoms with Crippen molar-refractivity contribution in [2.24, 2.45) is 0 Å². The number of ether oxygens (including phenoxy) is 1. The van der Waals surface area contributed by atoms with E-state index < -0.39 is 0 Å². The molecule has 0 amide bonds. The summed E-state index contributed by atoms with van der Waals surface area (Å²) in [6.45, 7) is 3.09. The lowest BCUT2D eigenvalue weighted by atomic mass is 9.85. The minimum absolute atomic E-state index is 0.140.